The van der Waals surface area contributed by atoms with Crippen LogP contribution in [0.25, 0.3) is 10.9 Å². The Morgan fingerprint density at radius 1 is 1.43 bits per heavy atom. The van der Waals surface area contributed by atoms with E-state index in [0.717, 1.165) is 0 Å². The summed E-state index contributed by atoms with van der Waals surface area (Å²) >= 11 is 6.19. The first-order valence-corrected chi connectivity index (χ1v) is 9.14. The highest BCUT2D eigenvalue weighted by molar-refractivity contribution is 6.35. The lowest BCUT2D eigenvalue weighted by Gasteiger charge is -2.20. The van der Waals surface area contributed by atoms with Crippen LogP contribution >= 0.6 is 11.6 Å². The number of carboxylic acid groups (broad SMARTS) is 1. The standard InChI is InChI=1S/C18H17ClN8O3/c1-9(25-15-10(7-20)14(21)23-8-24-15)16-26-12-4-2-3-11(19)13(12)17(28)27(16)6-5-22-18(29)30/h2-4,8-9,22H,5-6H2,1H3,(H,29,30)(H3,21,23,24,25). The molecule has 1 unspecified atom stereocenters. The van der Waals surface area contributed by atoms with E-state index in [1.165, 1.54) is 10.9 Å². The number of hydrogen-bond donors (Lipinski definition) is 4. The maximum Gasteiger partial charge on any atom is 0.404 e. The van der Waals surface area contributed by atoms with Crippen LogP contribution in [0.5, 0.6) is 0 Å². The number of benzene rings is 1. The second kappa shape index (κ2) is 8.62. The van der Waals surface area contributed by atoms with Crippen LogP contribution in [0.3, 0.4) is 0 Å². The normalized spacial score (nSPS) is 11.6. The highest BCUT2D eigenvalue weighted by Gasteiger charge is 2.20. The number of rotatable bonds is 6. The number of anilines is 2. The van der Waals surface area contributed by atoms with Crippen molar-refractivity contribution in [1.29, 1.82) is 5.26 Å². The minimum absolute atomic E-state index is 0.0171. The summed E-state index contributed by atoms with van der Waals surface area (Å²) < 4.78 is 1.33. The number of fused-ring (bicyclic) bond motifs is 1. The molecule has 154 valence electrons. The second-order valence-corrected chi connectivity index (χ2v) is 6.66. The quantitative estimate of drug-likeness (QED) is 0.456. The van der Waals surface area contributed by atoms with Crippen molar-refractivity contribution in [3.63, 3.8) is 0 Å². The summed E-state index contributed by atoms with van der Waals surface area (Å²) in [5, 5.41) is 23.9. The Bertz CT molecular complexity index is 1220. The zero-order valence-corrected chi connectivity index (χ0v) is 16.5. The van der Waals surface area contributed by atoms with Gasteiger partial charge in [0.25, 0.3) is 5.56 Å². The Kier molecular flexibility index (Phi) is 5.98. The molecule has 1 aromatic carbocycles. The summed E-state index contributed by atoms with van der Waals surface area (Å²) in [6, 6.07) is 6.26. The Labute approximate surface area is 175 Å². The zero-order chi connectivity index (χ0) is 21.8. The molecule has 5 N–H and O–H groups in total. The minimum Gasteiger partial charge on any atom is -0.465 e. The van der Waals surface area contributed by atoms with E-state index < -0.39 is 17.7 Å². The fourth-order valence-electron chi connectivity index (χ4n) is 2.95. The smallest absolute Gasteiger partial charge is 0.404 e. The van der Waals surface area contributed by atoms with Gasteiger partial charge in [-0.05, 0) is 19.1 Å². The van der Waals surface area contributed by atoms with E-state index in [4.69, 9.17) is 22.4 Å². The molecule has 0 aliphatic carbocycles. The highest BCUT2D eigenvalue weighted by atomic mass is 35.5. The molecule has 0 saturated carbocycles. The number of nitrogen functional groups attached to an aromatic ring is 1. The van der Waals surface area contributed by atoms with Crippen molar-refractivity contribution in [2.24, 2.45) is 0 Å². The Morgan fingerprint density at radius 2 is 2.20 bits per heavy atom. The third kappa shape index (κ3) is 4.08. The van der Waals surface area contributed by atoms with Gasteiger partial charge in [0, 0.05) is 13.1 Å². The molecule has 1 atom stereocenters. The van der Waals surface area contributed by atoms with Crippen LogP contribution in [0, 0.1) is 11.3 Å². The van der Waals surface area contributed by atoms with Crippen LogP contribution in [0.1, 0.15) is 24.4 Å². The molecular weight excluding hydrogens is 412 g/mol. The van der Waals surface area contributed by atoms with Crippen molar-refractivity contribution in [2.45, 2.75) is 19.5 Å². The summed E-state index contributed by atoms with van der Waals surface area (Å²) in [5.41, 5.74) is 5.76. The molecule has 0 aliphatic rings. The van der Waals surface area contributed by atoms with Gasteiger partial charge in [-0.1, -0.05) is 17.7 Å². The molecule has 0 radical (unpaired) electrons. The summed E-state index contributed by atoms with van der Waals surface area (Å²) in [5.74, 6) is 0.514. The number of hydrogen-bond acceptors (Lipinski definition) is 8. The third-order valence-electron chi connectivity index (χ3n) is 4.30. The number of nitrogens with two attached hydrogens (primary N) is 1. The van der Waals surface area contributed by atoms with E-state index in [2.05, 4.69) is 25.6 Å². The first-order valence-electron chi connectivity index (χ1n) is 8.76. The number of nitrogens with zero attached hydrogens (tertiary/aromatic N) is 5. The number of nitrogens with one attached hydrogen (secondary N) is 2. The van der Waals surface area contributed by atoms with Gasteiger partial charge in [-0.2, -0.15) is 5.26 Å². The number of aromatic nitrogens is 4. The first kappa shape index (κ1) is 20.8. The van der Waals surface area contributed by atoms with Gasteiger partial charge in [-0.15, -0.1) is 0 Å². The molecule has 30 heavy (non-hydrogen) atoms. The van der Waals surface area contributed by atoms with Crippen molar-refractivity contribution in [3.05, 3.63) is 51.3 Å². The largest absolute Gasteiger partial charge is 0.465 e. The van der Waals surface area contributed by atoms with Gasteiger partial charge >= 0.3 is 6.09 Å². The Balaban J connectivity index is 2.09. The molecule has 2 heterocycles. The van der Waals surface area contributed by atoms with E-state index in [-0.39, 0.29) is 40.7 Å². The maximum absolute atomic E-state index is 13.1. The molecule has 0 saturated heterocycles. The summed E-state index contributed by atoms with van der Waals surface area (Å²) in [6.45, 7) is 1.73. The van der Waals surface area contributed by atoms with Crippen LogP contribution in [-0.2, 0) is 6.54 Å². The van der Waals surface area contributed by atoms with Gasteiger partial charge in [0.2, 0.25) is 0 Å². The number of carbonyl (C=O) groups is 1. The predicted molar refractivity (Wildman–Crippen MR) is 110 cm³/mol. The molecule has 0 bridgehead atoms. The maximum atomic E-state index is 13.1. The van der Waals surface area contributed by atoms with Crippen molar-refractivity contribution in [3.8, 4) is 6.07 Å². The van der Waals surface area contributed by atoms with Crippen LogP contribution in [0.15, 0.2) is 29.3 Å². The van der Waals surface area contributed by atoms with E-state index >= 15 is 0 Å². The average molecular weight is 429 g/mol. The lowest BCUT2D eigenvalue weighted by atomic mass is 10.2. The van der Waals surface area contributed by atoms with Crippen LogP contribution in [0.2, 0.25) is 5.02 Å². The van der Waals surface area contributed by atoms with E-state index in [1.54, 1.807) is 25.1 Å². The van der Waals surface area contributed by atoms with Crippen LogP contribution < -0.4 is 21.9 Å². The second-order valence-electron chi connectivity index (χ2n) is 6.25. The van der Waals surface area contributed by atoms with Gasteiger partial charge in [-0.25, -0.2) is 19.7 Å². The van der Waals surface area contributed by atoms with Crippen molar-refractivity contribution in [2.75, 3.05) is 17.6 Å². The van der Waals surface area contributed by atoms with E-state index in [0.29, 0.717) is 11.3 Å². The Morgan fingerprint density at radius 3 is 2.90 bits per heavy atom. The molecule has 2 aromatic heterocycles. The number of amides is 1. The molecule has 0 spiro atoms. The Hall–Kier alpha value is -3.91. The molecule has 1 amide bonds. The van der Waals surface area contributed by atoms with Crippen LogP contribution in [-0.4, -0.2) is 37.3 Å². The first-order chi connectivity index (χ1) is 14.3. The van der Waals surface area contributed by atoms with Crippen molar-refractivity contribution >= 4 is 40.2 Å². The summed E-state index contributed by atoms with van der Waals surface area (Å²) in [4.78, 5) is 36.3. The van der Waals surface area contributed by atoms with Crippen LogP contribution in [0.4, 0.5) is 16.4 Å². The topological polar surface area (TPSA) is 172 Å². The fraction of sp³-hybridized carbons (Fsp3) is 0.222. The molecule has 12 heteroatoms. The molecule has 0 aliphatic heterocycles. The SMILES string of the molecule is CC(Nc1ncnc(N)c1C#N)c1nc2cccc(Cl)c2c(=O)n1CCNC(=O)O. The monoisotopic (exact) mass is 428 g/mol. The number of nitriles is 1. The van der Waals surface area contributed by atoms with Gasteiger partial charge in [0.15, 0.2) is 0 Å². The molecule has 3 aromatic rings. The lowest BCUT2D eigenvalue weighted by molar-refractivity contribution is 0.194. The van der Waals surface area contributed by atoms with Gasteiger partial charge in [0.05, 0.1) is 22.0 Å². The van der Waals surface area contributed by atoms with Gasteiger partial charge in [0.1, 0.15) is 35.4 Å². The van der Waals surface area contributed by atoms with E-state index in [9.17, 15) is 14.9 Å². The fourth-order valence-corrected chi connectivity index (χ4v) is 3.20. The molecular formula is C18H17ClN8O3. The summed E-state index contributed by atoms with van der Waals surface area (Å²) in [6.07, 6.45) is 0.000509. The molecule has 0 fully saturated rings. The van der Waals surface area contributed by atoms with E-state index in [1.807, 2.05) is 6.07 Å². The zero-order valence-electron chi connectivity index (χ0n) is 15.8. The third-order valence-corrected chi connectivity index (χ3v) is 4.62. The number of halogens is 1. The lowest BCUT2D eigenvalue weighted by Crippen LogP contribution is -2.34. The van der Waals surface area contributed by atoms with Crippen molar-refractivity contribution in [1.82, 2.24) is 24.8 Å². The minimum atomic E-state index is -1.21. The molecule has 3 rings (SSSR count). The highest BCUT2D eigenvalue weighted by Crippen LogP contribution is 2.24. The molecule has 11 nitrogen and oxygen atoms in total. The van der Waals surface area contributed by atoms with Crippen molar-refractivity contribution < 1.29 is 9.90 Å². The average Bonchev–Trinajstić information content (AvgIpc) is 2.69. The van der Waals surface area contributed by atoms with Gasteiger partial charge in [-0.3, -0.25) is 9.36 Å². The van der Waals surface area contributed by atoms with Gasteiger partial charge < -0.3 is 21.5 Å². The predicted octanol–water partition coefficient (Wildman–Crippen LogP) is 1.73. The summed E-state index contributed by atoms with van der Waals surface area (Å²) in [7, 11) is 0.